The number of nitrogens with zero attached hydrogens (tertiary/aromatic N) is 1. The Bertz CT molecular complexity index is 1360. The number of hydrogen-bond donors (Lipinski definition) is 2. The first kappa shape index (κ1) is 20.8. The standard InChI is InChI=1S/C27H24N2O4/c1-16-13-24(28-22-9-7-19-11-12-33-26(19)15-22)23-14-21(8-10-25(23)29(16)17(2)30)18-3-5-20(6-4-18)27(31)32/h3-12,14-16,24,28H,13H2,1-2H3,(H,31,32)/t16-,24+/m0/s1. The van der Waals surface area contributed by atoms with E-state index in [1.165, 1.54) is 0 Å². The van der Waals surface area contributed by atoms with E-state index in [1.807, 2.05) is 53.4 Å². The average Bonchev–Trinajstić information content (AvgIpc) is 3.26. The minimum absolute atomic E-state index is 0.00347. The summed E-state index contributed by atoms with van der Waals surface area (Å²) < 4.78 is 5.56. The van der Waals surface area contributed by atoms with Gasteiger partial charge in [0.2, 0.25) is 5.91 Å². The fourth-order valence-corrected chi connectivity index (χ4v) is 4.71. The summed E-state index contributed by atoms with van der Waals surface area (Å²) in [4.78, 5) is 25.5. The van der Waals surface area contributed by atoms with E-state index in [1.54, 1.807) is 25.3 Å². The monoisotopic (exact) mass is 440 g/mol. The largest absolute Gasteiger partial charge is 0.478 e. The van der Waals surface area contributed by atoms with Gasteiger partial charge in [0.25, 0.3) is 0 Å². The summed E-state index contributed by atoms with van der Waals surface area (Å²) in [6.07, 6.45) is 2.43. The number of carbonyl (C=O) groups excluding carboxylic acids is 1. The Balaban J connectivity index is 1.55. The Labute approximate surface area is 191 Å². The Hall–Kier alpha value is -4.06. The van der Waals surface area contributed by atoms with Gasteiger partial charge in [-0.1, -0.05) is 18.2 Å². The number of aromatic carboxylic acids is 1. The zero-order chi connectivity index (χ0) is 23.1. The van der Waals surface area contributed by atoms with Crippen molar-refractivity contribution in [3.05, 3.63) is 84.1 Å². The summed E-state index contributed by atoms with van der Waals surface area (Å²) in [5, 5.41) is 13.9. The van der Waals surface area contributed by atoms with Gasteiger partial charge in [-0.2, -0.15) is 0 Å². The number of fused-ring (bicyclic) bond motifs is 2. The molecule has 166 valence electrons. The number of carbonyl (C=O) groups is 2. The number of nitrogens with one attached hydrogen (secondary N) is 1. The summed E-state index contributed by atoms with van der Waals surface area (Å²) in [5.41, 5.74) is 5.84. The van der Waals surface area contributed by atoms with Crippen molar-refractivity contribution in [2.75, 3.05) is 10.2 Å². The minimum Gasteiger partial charge on any atom is -0.478 e. The second kappa shape index (κ2) is 8.13. The maximum absolute atomic E-state index is 12.4. The highest BCUT2D eigenvalue weighted by Gasteiger charge is 2.32. The number of furan rings is 1. The van der Waals surface area contributed by atoms with Crippen LogP contribution >= 0.6 is 0 Å². The number of amides is 1. The SMILES string of the molecule is CC(=O)N1c2ccc(-c3ccc(C(=O)O)cc3)cc2[C@H](Nc2ccc3ccoc3c2)C[C@@H]1C. The van der Waals surface area contributed by atoms with Crippen molar-refractivity contribution in [2.45, 2.75) is 32.4 Å². The smallest absolute Gasteiger partial charge is 0.335 e. The van der Waals surface area contributed by atoms with Crippen LogP contribution in [0.25, 0.3) is 22.1 Å². The van der Waals surface area contributed by atoms with E-state index < -0.39 is 5.97 Å². The van der Waals surface area contributed by atoms with E-state index in [9.17, 15) is 14.7 Å². The van der Waals surface area contributed by atoms with E-state index in [-0.39, 0.29) is 23.6 Å². The molecule has 33 heavy (non-hydrogen) atoms. The molecule has 1 aromatic heterocycles. The fraction of sp³-hybridized carbons (Fsp3) is 0.185. The highest BCUT2D eigenvalue weighted by molar-refractivity contribution is 5.94. The van der Waals surface area contributed by atoms with Crippen LogP contribution in [0.3, 0.4) is 0 Å². The lowest BCUT2D eigenvalue weighted by atomic mass is 9.88. The molecule has 5 rings (SSSR count). The molecule has 0 saturated carbocycles. The van der Waals surface area contributed by atoms with Gasteiger partial charge in [-0.15, -0.1) is 0 Å². The van der Waals surface area contributed by atoms with Crippen molar-refractivity contribution in [3.63, 3.8) is 0 Å². The highest BCUT2D eigenvalue weighted by atomic mass is 16.4. The molecule has 1 aliphatic rings. The highest BCUT2D eigenvalue weighted by Crippen LogP contribution is 2.41. The quantitative estimate of drug-likeness (QED) is 0.401. The average molecular weight is 440 g/mol. The molecule has 0 aliphatic carbocycles. The van der Waals surface area contributed by atoms with Crippen molar-refractivity contribution in [2.24, 2.45) is 0 Å². The molecule has 3 aromatic carbocycles. The van der Waals surface area contributed by atoms with Crippen molar-refractivity contribution in [1.82, 2.24) is 0 Å². The molecule has 2 atom stereocenters. The molecule has 4 aromatic rings. The number of carboxylic acids is 1. The summed E-state index contributed by atoms with van der Waals surface area (Å²) in [6, 6.07) is 20.9. The molecule has 1 amide bonds. The molecule has 0 radical (unpaired) electrons. The first-order chi connectivity index (χ1) is 15.9. The Morgan fingerprint density at radius 3 is 2.48 bits per heavy atom. The fourth-order valence-electron chi connectivity index (χ4n) is 4.71. The minimum atomic E-state index is -0.948. The third-order valence-corrected chi connectivity index (χ3v) is 6.28. The van der Waals surface area contributed by atoms with E-state index in [4.69, 9.17) is 4.42 Å². The van der Waals surface area contributed by atoms with Gasteiger partial charge in [0.15, 0.2) is 0 Å². The van der Waals surface area contributed by atoms with E-state index >= 15 is 0 Å². The molecule has 6 nitrogen and oxygen atoms in total. The van der Waals surface area contributed by atoms with Crippen LogP contribution in [0.15, 0.2) is 77.4 Å². The lowest BCUT2D eigenvalue weighted by Crippen LogP contribution is -2.43. The molecule has 1 aliphatic heterocycles. The second-order valence-electron chi connectivity index (χ2n) is 8.50. The van der Waals surface area contributed by atoms with E-state index in [2.05, 4.69) is 18.3 Å². The van der Waals surface area contributed by atoms with Gasteiger partial charge < -0.3 is 19.7 Å². The maximum Gasteiger partial charge on any atom is 0.335 e. The summed E-state index contributed by atoms with van der Waals surface area (Å²) in [5.74, 6) is -0.936. The van der Waals surface area contributed by atoms with Crippen LogP contribution in [0.1, 0.15) is 42.2 Å². The number of anilines is 2. The Kier molecular flexibility index (Phi) is 5.13. The van der Waals surface area contributed by atoms with Gasteiger partial charge in [-0.25, -0.2) is 4.79 Å². The van der Waals surface area contributed by atoms with Crippen LogP contribution in [0.2, 0.25) is 0 Å². The normalized spacial score (nSPS) is 17.6. The third kappa shape index (κ3) is 3.84. The molecule has 0 saturated heterocycles. The van der Waals surface area contributed by atoms with Crippen molar-refractivity contribution in [3.8, 4) is 11.1 Å². The molecule has 2 heterocycles. The maximum atomic E-state index is 12.4. The summed E-state index contributed by atoms with van der Waals surface area (Å²) >= 11 is 0. The van der Waals surface area contributed by atoms with Gasteiger partial charge in [0.1, 0.15) is 5.58 Å². The topological polar surface area (TPSA) is 82.8 Å². The molecule has 0 fully saturated rings. The predicted molar refractivity (Wildman–Crippen MR) is 129 cm³/mol. The second-order valence-corrected chi connectivity index (χ2v) is 8.50. The molecule has 0 bridgehead atoms. The Morgan fingerprint density at radius 1 is 1.00 bits per heavy atom. The van der Waals surface area contributed by atoms with Gasteiger partial charge in [0.05, 0.1) is 17.9 Å². The van der Waals surface area contributed by atoms with Crippen LogP contribution in [0.5, 0.6) is 0 Å². The molecular weight excluding hydrogens is 416 g/mol. The first-order valence-corrected chi connectivity index (χ1v) is 10.9. The predicted octanol–water partition coefficient (Wildman–Crippen LogP) is 6.10. The van der Waals surface area contributed by atoms with Gasteiger partial charge in [0, 0.05) is 35.8 Å². The van der Waals surface area contributed by atoms with Crippen molar-refractivity contribution >= 4 is 34.2 Å². The Morgan fingerprint density at radius 2 is 1.76 bits per heavy atom. The molecule has 2 N–H and O–H groups in total. The van der Waals surface area contributed by atoms with Crippen LogP contribution < -0.4 is 10.2 Å². The molecule has 0 spiro atoms. The third-order valence-electron chi connectivity index (χ3n) is 6.28. The molecule has 0 unspecified atom stereocenters. The van der Waals surface area contributed by atoms with Crippen molar-refractivity contribution in [1.29, 1.82) is 0 Å². The van der Waals surface area contributed by atoms with Gasteiger partial charge >= 0.3 is 5.97 Å². The zero-order valence-corrected chi connectivity index (χ0v) is 18.4. The van der Waals surface area contributed by atoms with Crippen LogP contribution in [0.4, 0.5) is 11.4 Å². The van der Waals surface area contributed by atoms with Crippen molar-refractivity contribution < 1.29 is 19.1 Å². The van der Waals surface area contributed by atoms with Gasteiger partial charge in [-0.05, 0) is 72.5 Å². The van der Waals surface area contributed by atoms with E-state index in [0.29, 0.717) is 0 Å². The molecule has 6 heteroatoms. The van der Waals surface area contributed by atoms with Crippen LogP contribution in [0, 0.1) is 0 Å². The van der Waals surface area contributed by atoms with Gasteiger partial charge in [-0.3, -0.25) is 4.79 Å². The van der Waals surface area contributed by atoms with Crippen LogP contribution in [-0.4, -0.2) is 23.0 Å². The number of hydrogen-bond acceptors (Lipinski definition) is 4. The number of rotatable bonds is 4. The summed E-state index contributed by atoms with van der Waals surface area (Å²) in [7, 11) is 0. The number of benzene rings is 3. The molecular formula is C27H24N2O4. The lowest BCUT2D eigenvalue weighted by molar-refractivity contribution is -0.117. The lowest BCUT2D eigenvalue weighted by Gasteiger charge is -2.39. The van der Waals surface area contributed by atoms with E-state index in [0.717, 1.165) is 45.5 Å². The zero-order valence-electron chi connectivity index (χ0n) is 18.4. The van der Waals surface area contributed by atoms with Crippen LogP contribution in [-0.2, 0) is 4.79 Å². The first-order valence-electron chi connectivity index (χ1n) is 10.9. The summed E-state index contributed by atoms with van der Waals surface area (Å²) in [6.45, 7) is 3.66. The number of carboxylic acid groups (broad SMARTS) is 1.